The molecular weight excluding hydrogens is 392 g/mol. The Balaban J connectivity index is 1.80. The van der Waals surface area contributed by atoms with Crippen LogP contribution in [0.2, 0.25) is 0 Å². The lowest BCUT2D eigenvalue weighted by molar-refractivity contribution is -0.408. The van der Waals surface area contributed by atoms with E-state index in [0.29, 0.717) is 43.5 Å². The third-order valence-corrected chi connectivity index (χ3v) is 5.88. The summed E-state index contributed by atoms with van der Waals surface area (Å²) in [5.41, 5.74) is 5.92. The Hall–Kier alpha value is -2.41. The third-order valence-electron chi connectivity index (χ3n) is 5.88. The van der Waals surface area contributed by atoms with Crippen molar-refractivity contribution >= 4 is 23.4 Å². The van der Waals surface area contributed by atoms with Crippen molar-refractivity contribution in [2.45, 2.75) is 71.9 Å². The fourth-order valence-corrected chi connectivity index (χ4v) is 3.89. The summed E-state index contributed by atoms with van der Waals surface area (Å²) in [7, 11) is 0. The molecule has 31 heavy (non-hydrogen) atoms. The smallest absolute Gasteiger partial charge is 0.280 e. The fourth-order valence-electron chi connectivity index (χ4n) is 3.89. The number of carbonyl (C=O) groups is 3. The van der Waals surface area contributed by atoms with Gasteiger partial charge in [0.1, 0.15) is 6.04 Å². The van der Waals surface area contributed by atoms with E-state index in [1.165, 1.54) is 5.56 Å². The quantitative estimate of drug-likeness (QED) is 0.587. The van der Waals surface area contributed by atoms with Gasteiger partial charge in [0, 0.05) is 31.1 Å². The molecule has 5 N–H and O–H groups in total. The normalized spacial score (nSPS) is 16.8. The van der Waals surface area contributed by atoms with E-state index < -0.39 is 6.04 Å². The molecule has 2 atom stereocenters. The Bertz CT molecular complexity index is 753. The lowest BCUT2D eigenvalue weighted by atomic mass is 9.94. The summed E-state index contributed by atoms with van der Waals surface area (Å²) >= 11 is 0. The van der Waals surface area contributed by atoms with Gasteiger partial charge in [0.2, 0.25) is 11.8 Å². The predicted molar refractivity (Wildman–Crippen MR) is 122 cm³/mol. The van der Waals surface area contributed by atoms with Crippen molar-refractivity contribution < 1.29 is 20.1 Å². The van der Waals surface area contributed by atoms with Gasteiger partial charge in [0.05, 0.1) is 0 Å². The minimum atomic E-state index is -0.632. The highest BCUT2D eigenvalue weighted by Gasteiger charge is 2.32. The Kier molecular flexibility index (Phi) is 9.04. The molecule has 172 valence electrons. The van der Waals surface area contributed by atoms with E-state index in [9.17, 15) is 14.4 Å². The van der Waals surface area contributed by atoms with Gasteiger partial charge in [-0.3, -0.25) is 14.4 Å². The molecule has 1 fully saturated rings. The number of carbonyl (C=O) groups excluding carboxylic acids is 3. The summed E-state index contributed by atoms with van der Waals surface area (Å²) in [6, 6.07) is 6.88. The number of nitrogens with one attached hydrogen (secondary N) is 2. The number of anilines is 1. The van der Waals surface area contributed by atoms with Crippen molar-refractivity contribution in [2.75, 3.05) is 18.4 Å². The maximum absolute atomic E-state index is 12.6. The summed E-state index contributed by atoms with van der Waals surface area (Å²) in [6.07, 6.45) is 1.99. The first-order chi connectivity index (χ1) is 14.6. The maximum atomic E-state index is 12.6. The van der Waals surface area contributed by atoms with Crippen molar-refractivity contribution in [2.24, 2.45) is 11.8 Å². The Morgan fingerprint density at radius 3 is 2.13 bits per heavy atom. The van der Waals surface area contributed by atoms with Gasteiger partial charge >= 0.3 is 0 Å². The molecule has 1 heterocycles. The number of hydrogen-bond donors (Lipinski definition) is 3. The monoisotopic (exact) mass is 431 g/mol. The molecule has 1 aliphatic rings. The maximum Gasteiger partial charge on any atom is 0.280 e. The third kappa shape index (κ3) is 7.35. The van der Waals surface area contributed by atoms with Gasteiger partial charge in [-0.05, 0) is 49.3 Å². The van der Waals surface area contributed by atoms with Crippen LogP contribution in [0.1, 0.15) is 65.4 Å². The number of rotatable bonds is 8. The second-order valence-corrected chi connectivity index (χ2v) is 9.42. The minimum absolute atomic E-state index is 0.0730. The van der Waals surface area contributed by atoms with E-state index in [1.54, 1.807) is 6.92 Å². The molecule has 1 aliphatic heterocycles. The van der Waals surface area contributed by atoms with Crippen LogP contribution in [-0.2, 0) is 14.4 Å². The van der Waals surface area contributed by atoms with Crippen LogP contribution in [0.4, 0.5) is 5.69 Å². The zero-order chi connectivity index (χ0) is 23.1. The number of piperidine rings is 1. The lowest BCUT2D eigenvalue weighted by Gasteiger charge is -2.32. The van der Waals surface area contributed by atoms with Crippen LogP contribution < -0.4 is 16.4 Å². The highest BCUT2D eigenvalue weighted by molar-refractivity contribution is 5.97. The van der Waals surface area contributed by atoms with Gasteiger partial charge in [-0.2, -0.15) is 0 Å². The van der Waals surface area contributed by atoms with E-state index in [0.717, 1.165) is 6.42 Å². The number of hydrogen-bond acceptors (Lipinski definition) is 3. The van der Waals surface area contributed by atoms with Gasteiger partial charge in [-0.15, -0.1) is 0 Å². The second kappa shape index (κ2) is 11.3. The Labute approximate surface area is 186 Å². The first-order valence-corrected chi connectivity index (χ1v) is 11.4. The summed E-state index contributed by atoms with van der Waals surface area (Å²) in [4.78, 5) is 39.4. The zero-order valence-corrected chi connectivity index (χ0v) is 19.6. The first kappa shape index (κ1) is 24.9. The molecule has 0 radical (unpaired) electrons. The van der Waals surface area contributed by atoms with Gasteiger partial charge in [0.15, 0.2) is 6.04 Å². The molecule has 0 unspecified atom stereocenters. The van der Waals surface area contributed by atoms with Crippen LogP contribution in [0.3, 0.4) is 0 Å². The Morgan fingerprint density at radius 1 is 1.03 bits per heavy atom. The van der Waals surface area contributed by atoms with Crippen LogP contribution in [-0.4, -0.2) is 47.8 Å². The van der Waals surface area contributed by atoms with E-state index in [4.69, 9.17) is 0 Å². The van der Waals surface area contributed by atoms with Crippen molar-refractivity contribution in [3.05, 3.63) is 29.8 Å². The van der Waals surface area contributed by atoms with Crippen molar-refractivity contribution in [1.29, 1.82) is 0 Å². The number of quaternary nitrogens is 1. The largest absolute Gasteiger partial charge is 0.347 e. The van der Waals surface area contributed by atoms with Crippen molar-refractivity contribution in [3.8, 4) is 0 Å². The van der Waals surface area contributed by atoms with Gasteiger partial charge in [-0.1, -0.05) is 39.8 Å². The molecule has 7 heteroatoms. The van der Waals surface area contributed by atoms with Gasteiger partial charge in [0.25, 0.3) is 5.91 Å². The molecule has 1 aromatic rings. The summed E-state index contributed by atoms with van der Waals surface area (Å²) in [5.74, 6) is 0.377. The van der Waals surface area contributed by atoms with Crippen LogP contribution in [0.15, 0.2) is 24.3 Å². The first-order valence-electron chi connectivity index (χ1n) is 11.4. The van der Waals surface area contributed by atoms with Gasteiger partial charge in [-0.25, -0.2) is 0 Å². The molecule has 2 rings (SSSR count). The molecule has 1 aromatic carbocycles. The molecular formula is C24H39N4O3+. The summed E-state index contributed by atoms with van der Waals surface area (Å²) < 4.78 is 0. The molecule has 0 aliphatic carbocycles. The summed E-state index contributed by atoms with van der Waals surface area (Å²) in [5, 5.41) is 5.68. The topological polar surface area (TPSA) is 106 Å². The van der Waals surface area contributed by atoms with Crippen LogP contribution in [0.5, 0.6) is 0 Å². The Morgan fingerprint density at radius 2 is 1.61 bits per heavy atom. The minimum Gasteiger partial charge on any atom is -0.347 e. The molecule has 7 nitrogen and oxygen atoms in total. The predicted octanol–water partition coefficient (Wildman–Crippen LogP) is 2.15. The molecule has 1 saturated heterocycles. The molecule has 3 amide bonds. The molecule has 0 aromatic heterocycles. The van der Waals surface area contributed by atoms with Crippen LogP contribution in [0, 0.1) is 11.8 Å². The van der Waals surface area contributed by atoms with Crippen molar-refractivity contribution in [3.63, 3.8) is 0 Å². The highest BCUT2D eigenvalue weighted by atomic mass is 16.2. The number of likely N-dealkylation sites (tertiary alicyclic amines) is 1. The average molecular weight is 432 g/mol. The zero-order valence-electron chi connectivity index (χ0n) is 19.6. The summed E-state index contributed by atoms with van der Waals surface area (Å²) in [6.45, 7) is 11.2. The average Bonchev–Trinajstić information content (AvgIpc) is 2.73. The lowest BCUT2D eigenvalue weighted by Crippen LogP contribution is -2.68. The van der Waals surface area contributed by atoms with E-state index >= 15 is 0 Å². The number of benzene rings is 1. The van der Waals surface area contributed by atoms with E-state index in [2.05, 4.69) is 44.1 Å². The standard InChI is InChI=1S/C24H38N4O3/c1-15(2)14-21(25)24(31)28-12-10-19(11-13-28)23(30)26-17(5)22(29)27-20-8-6-18(7-9-20)16(3)4/h6-9,15-17,19,21H,10-14,25H2,1-5H3,(H,26,30)(H,27,29)/p+1/t17-,21-/m0/s1. The highest BCUT2D eigenvalue weighted by Crippen LogP contribution is 2.20. The van der Waals surface area contributed by atoms with E-state index in [1.807, 2.05) is 29.2 Å². The van der Waals surface area contributed by atoms with Crippen LogP contribution in [0.25, 0.3) is 0 Å². The molecule has 0 saturated carbocycles. The molecule has 0 bridgehead atoms. The van der Waals surface area contributed by atoms with Crippen molar-refractivity contribution in [1.82, 2.24) is 10.2 Å². The van der Waals surface area contributed by atoms with Crippen LogP contribution >= 0.6 is 0 Å². The van der Waals surface area contributed by atoms with E-state index in [-0.39, 0.29) is 29.7 Å². The van der Waals surface area contributed by atoms with Gasteiger partial charge < -0.3 is 21.3 Å². The number of nitrogens with zero attached hydrogens (tertiary/aromatic N) is 1. The fraction of sp³-hybridized carbons (Fsp3) is 0.625. The molecule has 0 spiro atoms. The number of amides is 3. The SMILES string of the molecule is CC(C)C[C@H]([NH3+])C(=O)N1CCC(C(=O)N[C@@H](C)C(=O)Nc2ccc(C(C)C)cc2)CC1. The second-order valence-electron chi connectivity index (χ2n) is 9.42.